The lowest BCUT2D eigenvalue weighted by Crippen LogP contribution is -2.25. The molecule has 1 aromatic heterocycles. The number of methoxy groups -OCH3 is 1. The number of pyridine rings is 1. The third kappa shape index (κ3) is 3.81. The Balaban J connectivity index is 1.72. The molecule has 0 bridgehead atoms. The number of carboxylic acids is 1. The van der Waals surface area contributed by atoms with Gasteiger partial charge in [-0.2, -0.15) is 0 Å². The molecule has 0 radical (unpaired) electrons. The van der Waals surface area contributed by atoms with Crippen molar-refractivity contribution in [2.24, 2.45) is 5.92 Å². The van der Waals surface area contributed by atoms with Gasteiger partial charge in [-0.25, -0.2) is 4.79 Å². The standard InChI is InChI=1S/C23H27NO6/c1-3-16-8-15-9-22(30-13-14-4-6-29-7-5-14)21(28-2)10-17(15)19-11-20(25)18(23(26)27)12-24(16)19/h9-12,14,16H,3-8,13H2,1-2H3,(H,26,27)/t16-/m0/s1. The molecule has 160 valence electrons. The van der Waals surface area contributed by atoms with Gasteiger partial charge < -0.3 is 23.9 Å². The Morgan fingerprint density at radius 2 is 2.00 bits per heavy atom. The summed E-state index contributed by atoms with van der Waals surface area (Å²) >= 11 is 0. The molecule has 2 aromatic rings. The molecule has 7 heteroatoms. The van der Waals surface area contributed by atoms with E-state index in [0.29, 0.717) is 29.7 Å². The summed E-state index contributed by atoms with van der Waals surface area (Å²) in [6.45, 7) is 4.23. The van der Waals surface area contributed by atoms with E-state index in [-0.39, 0.29) is 11.6 Å². The van der Waals surface area contributed by atoms with E-state index in [1.807, 2.05) is 16.7 Å². The monoisotopic (exact) mass is 413 g/mol. The van der Waals surface area contributed by atoms with E-state index in [4.69, 9.17) is 14.2 Å². The molecule has 2 aliphatic heterocycles. The SMILES string of the molecule is CC[C@H]1Cc2cc(OCC3CCOCC3)c(OC)cc2-c2cc(=O)c(C(=O)O)cn21. The van der Waals surface area contributed by atoms with E-state index in [1.54, 1.807) is 7.11 Å². The molecule has 1 fully saturated rings. The molecule has 1 N–H and O–H groups in total. The summed E-state index contributed by atoms with van der Waals surface area (Å²) in [5, 5.41) is 9.35. The third-order valence-corrected chi connectivity index (χ3v) is 6.11. The van der Waals surface area contributed by atoms with Gasteiger partial charge in [0.05, 0.1) is 19.4 Å². The van der Waals surface area contributed by atoms with Gasteiger partial charge in [0.1, 0.15) is 5.56 Å². The number of carboxylic acid groups (broad SMARTS) is 1. The average molecular weight is 413 g/mol. The Morgan fingerprint density at radius 1 is 1.23 bits per heavy atom. The van der Waals surface area contributed by atoms with Gasteiger partial charge in [0.25, 0.3) is 0 Å². The van der Waals surface area contributed by atoms with Gasteiger partial charge in [-0.3, -0.25) is 4.79 Å². The van der Waals surface area contributed by atoms with E-state index >= 15 is 0 Å². The first-order valence-corrected chi connectivity index (χ1v) is 10.4. The Hall–Kier alpha value is -2.80. The fraction of sp³-hybridized carbons (Fsp3) is 0.478. The number of fused-ring (bicyclic) bond motifs is 3. The summed E-state index contributed by atoms with van der Waals surface area (Å²) in [6.07, 6.45) is 5.01. The summed E-state index contributed by atoms with van der Waals surface area (Å²) in [7, 11) is 1.60. The van der Waals surface area contributed by atoms with Crippen LogP contribution in [0, 0.1) is 5.92 Å². The van der Waals surface area contributed by atoms with Gasteiger partial charge in [0.15, 0.2) is 16.9 Å². The molecule has 0 spiro atoms. The van der Waals surface area contributed by atoms with Crippen molar-refractivity contribution in [2.75, 3.05) is 26.9 Å². The first kappa shape index (κ1) is 20.5. The quantitative estimate of drug-likeness (QED) is 0.780. The number of carbonyl (C=O) groups is 1. The highest BCUT2D eigenvalue weighted by molar-refractivity contribution is 5.87. The van der Waals surface area contributed by atoms with Crippen molar-refractivity contribution in [1.82, 2.24) is 4.57 Å². The molecule has 0 aliphatic carbocycles. The van der Waals surface area contributed by atoms with Crippen LogP contribution in [-0.4, -0.2) is 42.6 Å². The Morgan fingerprint density at radius 3 is 2.67 bits per heavy atom. The third-order valence-electron chi connectivity index (χ3n) is 6.11. The van der Waals surface area contributed by atoms with Crippen molar-refractivity contribution in [3.05, 3.63) is 45.7 Å². The summed E-state index contributed by atoms with van der Waals surface area (Å²) < 4.78 is 19.0. The van der Waals surface area contributed by atoms with E-state index in [1.165, 1.54) is 12.3 Å². The normalized spacial score (nSPS) is 18.4. The summed E-state index contributed by atoms with van der Waals surface area (Å²) in [5.74, 6) is 0.578. The molecule has 0 saturated carbocycles. The van der Waals surface area contributed by atoms with Crippen LogP contribution >= 0.6 is 0 Å². The molecular weight excluding hydrogens is 386 g/mol. The van der Waals surface area contributed by atoms with Crippen LogP contribution in [0.25, 0.3) is 11.3 Å². The topological polar surface area (TPSA) is 87.0 Å². The van der Waals surface area contributed by atoms with Crippen LogP contribution < -0.4 is 14.9 Å². The van der Waals surface area contributed by atoms with Crippen molar-refractivity contribution < 1.29 is 24.1 Å². The van der Waals surface area contributed by atoms with E-state index in [2.05, 4.69) is 6.92 Å². The second-order valence-electron chi connectivity index (χ2n) is 7.94. The lowest BCUT2D eigenvalue weighted by atomic mass is 9.90. The van der Waals surface area contributed by atoms with Crippen LogP contribution in [0.2, 0.25) is 0 Å². The maximum absolute atomic E-state index is 12.4. The molecule has 0 unspecified atom stereocenters. The second-order valence-corrected chi connectivity index (χ2v) is 7.94. The molecule has 0 amide bonds. The molecule has 1 atom stereocenters. The summed E-state index contributed by atoms with van der Waals surface area (Å²) in [5.41, 5.74) is 1.97. The van der Waals surface area contributed by atoms with Crippen molar-refractivity contribution in [3.8, 4) is 22.8 Å². The van der Waals surface area contributed by atoms with Crippen molar-refractivity contribution in [2.45, 2.75) is 38.6 Å². The predicted molar refractivity (Wildman–Crippen MR) is 112 cm³/mol. The molecule has 3 heterocycles. The molecule has 1 saturated heterocycles. The predicted octanol–water partition coefficient (Wildman–Crippen LogP) is 3.53. The zero-order valence-corrected chi connectivity index (χ0v) is 17.3. The number of ether oxygens (including phenoxy) is 3. The zero-order valence-electron chi connectivity index (χ0n) is 17.3. The number of aromatic carboxylic acids is 1. The van der Waals surface area contributed by atoms with E-state index in [9.17, 15) is 14.7 Å². The van der Waals surface area contributed by atoms with Crippen molar-refractivity contribution in [3.63, 3.8) is 0 Å². The molecular formula is C23H27NO6. The van der Waals surface area contributed by atoms with Crippen LogP contribution in [0.1, 0.15) is 48.1 Å². The lowest BCUT2D eigenvalue weighted by molar-refractivity contribution is 0.0493. The van der Waals surface area contributed by atoms with Crippen LogP contribution in [0.4, 0.5) is 0 Å². The molecule has 4 rings (SSSR count). The van der Waals surface area contributed by atoms with Crippen LogP contribution in [0.3, 0.4) is 0 Å². The number of hydrogen-bond acceptors (Lipinski definition) is 5. The Bertz CT molecular complexity index is 1010. The number of aromatic nitrogens is 1. The molecule has 7 nitrogen and oxygen atoms in total. The highest BCUT2D eigenvalue weighted by atomic mass is 16.5. The van der Waals surface area contributed by atoms with Gasteiger partial charge in [-0.15, -0.1) is 0 Å². The lowest BCUT2D eigenvalue weighted by Gasteiger charge is -2.31. The first-order chi connectivity index (χ1) is 14.5. The number of rotatable bonds is 6. The van der Waals surface area contributed by atoms with Crippen LogP contribution in [0.15, 0.2) is 29.2 Å². The van der Waals surface area contributed by atoms with Crippen molar-refractivity contribution >= 4 is 5.97 Å². The minimum Gasteiger partial charge on any atom is -0.493 e. The largest absolute Gasteiger partial charge is 0.493 e. The number of nitrogens with zero attached hydrogens (tertiary/aromatic N) is 1. The zero-order chi connectivity index (χ0) is 21.3. The number of benzene rings is 1. The smallest absolute Gasteiger partial charge is 0.341 e. The van der Waals surface area contributed by atoms with Gasteiger partial charge in [0, 0.05) is 37.1 Å². The fourth-order valence-corrected chi connectivity index (χ4v) is 4.32. The van der Waals surface area contributed by atoms with E-state index < -0.39 is 11.4 Å². The molecule has 1 aromatic carbocycles. The van der Waals surface area contributed by atoms with Crippen molar-refractivity contribution in [1.29, 1.82) is 0 Å². The van der Waals surface area contributed by atoms with E-state index in [0.717, 1.165) is 50.0 Å². The second kappa shape index (κ2) is 8.52. The molecule has 30 heavy (non-hydrogen) atoms. The van der Waals surface area contributed by atoms with Gasteiger partial charge in [-0.05, 0) is 49.3 Å². The van der Waals surface area contributed by atoms with Crippen LogP contribution in [-0.2, 0) is 11.2 Å². The minimum absolute atomic E-state index is 0.0722. The fourth-order valence-electron chi connectivity index (χ4n) is 4.32. The Labute approximate surface area is 175 Å². The maximum atomic E-state index is 12.4. The summed E-state index contributed by atoms with van der Waals surface area (Å²) in [6, 6.07) is 5.40. The Kier molecular flexibility index (Phi) is 5.81. The average Bonchev–Trinajstić information content (AvgIpc) is 2.76. The van der Waals surface area contributed by atoms with Gasteiger partial charge in [0.2, 0.25) is 0 Å². The summed E-state index contributed by atoms with van der Waals surface area (Å²) in [4.78, 5) is 23.8. The first-order valence-electron chi connectivity index (χ1n) is 10.4. The van der Waals surface area contributed by atoms with Gasteiger partial charge >= 0.3 is 5.97 Å². The minimum atomic E-state index is -1.20. The number of hydrogen-bond donors (Lipinski definition) is 1. The highest BCUT2D eigenvalue weighted by Crippen LogP contribution is 2.42. The van der Waals surface area contributed by atoms with Gasteiger partial charge in [-0.1, -0.05) is 6.92 Å². The highest BCUT2D eigenvalue weighted by Gasteiger charge is 2.27. The maximum Gasteiger partial charge on any atom is 0.341 e. The van der Waals surface area contributed by atoms with Crippen LogP contribution in [0.5, 0.6) is 11.5 Å². The molecule has 2 aliphatic rings.